The van der Waals surface area contributed by atoms with Gasteiger partial charge in [-0.3, -0.25) is 0 Å². The molecule has 0 aliphatic rings. The Labute approximate surface area is 68.4 Å². The molecule has 0 atom stereocenters. The normalized spacial score (nSPS) is 10.2. The van der Waals surface area contributed by atoms with Crippen LogP contribution in [0.5, 0.6) is 0 Å². The van der Waals surface area contributed by atoms with Crippen molar-refractivity contribution in [3.05, 3.63) is 29.8 Å². The first-order chi connectivity index (χ1) is 5.20. The van der Waals surface area contributed by atoms with Crippen molar-refractivity contribution in [2.24, 2.45) is 0 Å². The second-order valence-corrected chi connectivity index (χ2v) is 3.03. The van der Waals surface area contributed by atoms with Gasteiger partial charge in [-0.05, 0) is 26.3 Å². The Hall–Kier alpha value is -0.980. The summed E-state index contributed by atoms with van der Waals surface area (Å²) in [5.41, 5.74) is 2.36. The summed E-state index contributed by atoms with van der Waals surface area (Å²) in [7, 11) is 0. The molecule has 1 heteroatoms. The minimum Gasteiger partial charge on any atom is -0.382 e. The van der Waals surface area contributed by atoms with E-state index in [2.05, 4.69) is 38.2 Å². The van der Waals surface area contributed by atoms with Crippen molar-refractivity contribution in [2.45, 2.75) is 26.8 Å². The van der Waals surface area contributed by atoms with E-state index < -0.39 is 0 Å². The summed E-state index contributed by atoms with van der Waals surface area (Å²) >= 11 is 0. The number of benzene rings is 1. The Morgan fingerprint density at radius 3 is 2.73 bits per heavy atom. The minimum atomic E-state index is 0.479. The third-order valence-corrected chi connectivity index (χ3v) is 1.50. The molecule has 11 heavy (non-hydrogen) atoms. The highest BCUT2D eigenvalue weighted by Crippen LogP contribution is 2.12. The van der Waals surface area contributed by atoms with Crippen molar-refractivity contribution in [1.82, 2.24) is 0 Å². The lowest BCUT2D eigenvalue weighted by Crippen LogP contribution is -2.10. The van der Waals surface area contributed by atoms with Crippen LogP contribution in [0.25, 0.3) is 0 Å². The van der Waals surface area contributed by atoms with E-state index in [0.29, 0.717) is 6.04 Å². The highest BCUT2D eigenvalue weighted by molar-refractivity contribution is 5.49. The van der Waals surface area contributed by atoms with Gasteiger partial charge in [-0.1, -0.05) is 18.2 Å². The zero-order valence-corrected chi connectivity index (χ0v) is 7.31. The molecule has 0 fully saturated rings. The van der Waals surface area contributed by atoms with Crippen LogP contribution in [-0.4, -0.2) is 6.04 Å². The number of aryl methyl sites for hydroxylation is 1. The van der Waals surface area contributed by atoms with Gasteiger partial charge >= 0.3 is 0 Å². The average molecular weight is 148 g/mol. The topological polar surface area (TPSA) is 12.0 Å². The second-order valence-electron chi connectivity index (χ2n) is 3.03. The molecule has 1 aromatic rings. The SMILES string of the molecule is Cc1ccc[c]c1NC(C)C. The fourth-order valence-corrected chi connectivity index (χ4v) is 0.965. The molecule has 1 aromatic carbocycles. The highest BCUT2D eigenvalue weighted by Gasteiger charge is 1.96. The van der Waals surface area contributed by atoms with Crippen molar-refractivity contribution in [3.63, 3.8) is 0 Å². The molecule has 0 aliphatic heterocycles. The van der Waals surface area contributed by atoms with Crippen molar-refractivity contribution in [2.75, 3.05) is 5.32 Å². The summed E-state index contributed by atoms with van der Waals surface area (Å²) in [6.45, 7) is 6.34. The number of hydrogen-bond acceptors (Lipinski definition) is 1. The smallest absolute Gasteiger partial charge is 0.0452 e. The van der Waals surface area contributed by atoms with E-state index in [4.69, 9.17) is 0 Å². The molecule has 0 spiro atoms. The van der Waals surface area contributed by atoms with E-state index in [1.165, 1.54) is 5.56 Å². The highest BCUT2D eigenvalue weighted by atomic mass is 14.9. The molecule has 0 unspecified atom stereocenters. The predicted octanol–water partition coefficient (Wildman–Crippen LogP) is 2.62. The third kappa shape index (κ3) is 2.26. The van der Waals surface area contributed by atoms with Crippen molar-refractivity contribution in [3.8, 4) is 0 Å². The fourth-order valence-electron chi connectivity index (χ4n) is 0.965. The molecule has 0 heterocycles. The second kappa shape index (κ2) is 3.42. The molecule has 0 saturated heterocycles. The molecule has 1 rings (SSSR count). The first-order valence-electron chi connectivity index (χ1n) is 3.94. The largest absolute Gasteiger partial charge is 0.382 e. The van der Waals surface area contributed by atoms with Crippen LogP contribution in [0.15, 0.2) is 18.2 Å². The molecule has 0 saturated carbocycles. The predicted molar refractivity (Wildman–Crippen MR) is 48.8 cm³/mol. The zero-order chi connectivity index (χ0) is 8.27. The Kier molecular flexibility index (Phi) is 2.53. The van der Waals surface area contributed by atoms with Gasteiger partial charge in [0.25, 0.3) is 0 Å². The van der Waals surface area contributed by atoms with E-state index in [-0.39, 0.29) is 0 Å². The zero-order valence-electron chi connectivity index (χ0n) is 7.31. The van der Waals surface area contributed by atoms with Gasteiger partial charge in [-0.15, -0.1) is 0 Å². The van der Waals surface area contributed by atoms with Crippen LogP contribution in [0.3, 0.4) is 0 Å². The van der Waals surface area contributed by atoms with E-state index >= 15 is 0 Å². The van der Waals surface area contributed by atoms with Crippen molar-refractivity contribution < 1.29 is 0 Å². The van der Waals surface area contributed by atoms with Gasteiger partial charge in [0, 0.05) is 17.8 Å². The van der Waals surface area contributed by atoms with Crippen LogP contribution in [0, 0.1) is 13.0 Å². The van der Waals surface area contributed by atoms with E-state index in [0.717, 1.165) is 5.69 Å². The lowest BCUT2D eigenvalue weighted by Gasteiger charge is -2.11. The molecule has 59 valence electrons. The van der Waals surface area contributed by atoms with E-state index in [1.54, 1.807) is 0 Å². The Balaban J connectivity index is 2.78. The van der Waals surface area contributed by atoms with Crippen molar-refractivity contribution in [1.29, 1.82) is 0 Å². The fraction of sp³-hybridized carbons (Fsp3) is 0.400. The van der Waals surface area contributed by atoms with Gasteiger partial charge in [-0.2, -0.15) is 0 Å². The summed E-state index contributed by atoms with van der Waals surface area (Å²) in [5.74, 6) is 0. The summed E-state index contributed by atoms with van der Waals surface area (Å²) < 4.78 is 0. The third-order valence-electron chi connectivity index (χ3n) is 1.50. The van der Waals surface area contributed by atoms with Gasteiger partial charge in [0.1, 0.15) is 0 Å². The molecule has 1 radical (unpaired) electrons. The molecule has 0 aliphatic carbocycles. The molecule has 1 N–H and O–H groups in total. The van der Waals surface area contributed by atoms with Gasteiger partial charge in [0.15, 0.2) is 0 Å². The molecular weight excluding hydrogens is 134 g/mol. The lowest BCUT2D eigenvalue weighted by molar-refractivity contribution is 0.897. The average Bonchev–Trinajstić information content (AvgIpc) is 1.93. The van der Waals surface area contributed by atoms with Crippen LogP contribution < -0.4 is 5.32 Å². The number of rotatable bonds is 2. The van der Waals surface area contributed by atoms with Gasteiger partial charge in [0.2, 0.25) is 0 Å². The summed E-state index contributed by atoms with van der Waals surface area (Å²) in [6, 6.07) is 9.65. The molecule has 1 nitrogen and oxygen atoms in total. The maximum absolute atomic E-state index is 3.32. The van der Waals surface area contributed by atoms with Crippen molar-refractivity contribution >= 4 is 5.69 Å². The molecular formula is C10H14N. The summed E-state index contributed by atoms with van der Waals surface area (Å²) in [5, 5.41) is 3.32. The number of nitrogens with one attached hydrogen (secondary N) is 1. The van der Waals surface area contributed by atoms with Crippen LogP contribution in [0.4, 0.5) is 5.69 Å². The lowest BCUT2D eigenvalue weighted by atomic mass is 10.2. The summed E-state index contributed by atoms with van der Waals surface area (Å²) in [4.78, 5) is 0. The Morgan fingerprint density at radius 1 is 1.45 bits per heavy atom. The number of para-hydroxylation sites is 1. The van der Waals surface area contributed by atoms with Gasteiger partial charge in [0.05, 0.1) is 0 Å². The van der Waals surface area contributed by atoms with Crippen LogP contribution >= 0.6 is 0 Å². The van der Waals surface area contributed by atoms with Crippen LogP contribution in [-0.2, 0) is 0 Å². The van der Waals surface area contributed by atoms with Gasteiger partial charge in [-0.25, -0.2) is 0 Å². The molecule has 0 amide bonds. The van der Waals surface area contributed by atoms with Gasteiger partial charge < -0.3 is 5.32 Å². The first kappa shape index (κ1) is 8.12. The van der Waals surface area contributed by atoms with Crippen LogP contribution in [0.2, 0.25) is 0 Å². The van der Waals surface area contributed by atoms with E-state index in [9.17, 15) is 0 Å². The minimum absolute atomic E-state index is 0.479. The Morgan fingerprint density at radius 2 is 2.18 bits per heavy atom. The monoisotopic (exact) mass is 148 g/mol. The molecule has 0 bridgehead atoms. The summed E-state index contributed by atoms with van der Waals surface area (Å²) in [6.07, 6.45) is 0. The first-order valence-corrected chi connectivity index (χ1v) is 3.94. The van der Waals surface area contributed by atoms with Crippen LogP contribution in [0.1, 0.15) is 19.4 Å². The number of hydrogen-bond donors (Lipinski definition) is 1. The Bertz CT molecular complexity index is 228. The maximum Gasteiger partial charge on any atom is 0.0452 e. The number of anilines is 1. The quantitative estimate of drug-likeness (QED) is 0.679. The standard InChI is InChI=1S/C10H14N/c1-8(2)11-10-7-5-4-6-9(10)3/h4-6,8,11H,1-3H3. The van der Waals surface area contributed by atoms with E-state index in [1.807, 2.05) is 12.1 Å². The maximum atomic E-state index is 3.32. The molecule has 0 aromatic heterocycles.